The molecular weight excluding hydrogens is 356 g/mol. The first-order valence-corrected chi connectivity index (χ1v) is 9.06. The summed E-state index contributed by atoms with van der Waals surface area (Å²) in [5.74, 6) is 1.48. The van der Waals surface area contributed by atoms with Gasteiger partial charge in [0, 0.05) is 12.1 Å². The van der Waals surface area contributed by atoms with E-state index in [1.165, 1.54) is 0 Å². The summed E-state index contributed by atoms with van der Waals surface area (Å²) < 4.78 is 12.2. The second-order valence-electron chi connectivity index (χ2n) is 6.55. The summed E-state index contributed by atoms with van der Waals surface area (Å²) in [6.07, 6.45) is -0.133. The number of rotatable bonds is 6. The van der Waals surface area contributed by atoms with Crippen LogP contribution in [0.3, 0.4) is 0 Å². The zero-order valence-corrected chi connectivity index (χ0v) is 15.8. The number of hydrogen-bond donors (Lipinski definition) is 2. The molecule has 0 radical (unpaired) electrons. The summed E-state index contributed by atoms with van der Waals surface area (Å²) in [5, 5.41) is 11.1. The number of nitrogens with one attached hydrogen (secondary N) is 2. The summed E-state index contributed by atoms with van der Waals surface area (Å²) >= 11 is 0. The topological polar surface area (TPSA) is 77.4 Å². The Morgan fingerprint density at radius 1 is 1.11 bits per heavy atom. The van der Waals surface area contributed by atoms with Gasteiger partial charge in [-0.05, 0) is 48.0 Å². The molecule has 0 unspecified atom stereocenters. The average Bonchev–Trinajstić information content (AvgIpc) is 3.20. The lowest BCUT2D eigenvalue weighted by molar-refractivity contribution is 0.0900. The molecule has 3 aromatic rings. The highest BCUT2D eigenvalue weighted by Gasteiger charge is 2.27. The molecule has 1 aromatic heterocycles. The standard InChI is InChI=1S/C21H22N4O3/c1-27-16-8-6-15(7-9-16)18-11-19-21(26)23-13-20(25(19)24-18)22-12-14-4-3-5-17(10-14)28-2/h3-11,20,22H,12-13H2,1-2H3,(H,23,26)/t20-/m0/s1. The van der Waals surface area contributed by atoms with Crippen LogP contribution < -0.4 is 20.1 Å². The third-order valence-electron chi connectivity index (χ3n) is 4.78. The molecule has 1 atom stereocenters. The second-order valence-corrected chi connectivity index (χ2v) is 6.55. The number of carbonyl (C=O) groups is 1. The van der Waals surface area contributed by atoms with Crippen LogP contribution in [0.5, 0.6) is 11.5 Å². The number of amides is 1. The van der Waals surface area contributed by atoms with Crippen LogP contribution in [0.4, 0.5) is 0 Å². The maximum atomic E-state index is 12.3. The molecule has 7 heteroatoms. The molecule has 144 valence electrons. The van der Waals surface area contributed by atoms with Gasteiger partial charge in [-0.2, -0.15) is 5.10 Å². The van der Waals surface area contributed by atoms with Gasteiger partial charge in [0.05, 0.1) is 26.5 Å². The number of carbonyl (C=O) groups excluding carboxylic acids is 1. The highest BCUT2D eigenvalue weighted by Crippen LogP contribution is 2.25. The summed E-state index contributed by atoms with van der Waals surface area (Å²) in [4.78, 5) is 12.3. The fourth-order valence-electron chi connectivity index (χ4n) is 3.25. The first-order chi connectivity index (χ1) is 13.7. The van der Waals surface area contributed by atoms with Crippen LogP contribution in [0.25, 0.3) is 11.3 Å². The van der Waals surface area contributed by atoms with Gasteiger partial charge in [0.2, 0.25) is 0 Å². The fourth-order valence-corrected chi connectivity index (χ4v) is 3.25. The molecule has 0 saturated heterocycles. The maximum absolute atomic E-state index is 12.3. The van der Waals surface area contributed by atoms with Gasteiger partial charge >= 0.3 is 0 Å². The van der Waals surface area contributed by atoms with Gasteiger partial charge in [-0.1, -0.05) is 12.1 Å². The van der Waals surface area contributed by atoms with Crippen LogP contribution in [0.1, 0.15) is 22.2 Å². The van der Waals surface area contributed by atoms with Gasteiger partial charge in [-0.25, -0.2) is 4.68 Å². The Hall–Kier alpha value is -3.32. The quantitative estimate of drug-likeness (QED) is 0.689. The molecule has 1 aliphatic rings. The molecule has 0 aliphatic carbocycles. The molecule has 1 amide bonds. The lowest BCUT2D eigenvalue weighted by Crippen LogP contribution is -2.45. The number of benzene rings is 2. The van der Waals surface area contributed by atoms with Gasteiger partial charge in [0.25, 0.3) is 5.91 Å². The minimum atomic E-state index is -0.133. The third-order valence-corrected chi connectivity index (χ3v) is 4.78. The predicted octanol–water partition coefficient (Wildman–Crippen LogP) is 2.60. The second kappa shape index (κ2) is 7.74. The normalized spacial score (nSPS) is 15.6. The van der Waals surface area contributed by atoms with E-state index in [4.69, 9.17) is 9.47 Å². The molecule has 1 aliphatic heterocycles. The van der Waals surface area contributed by atoms with E-state index in [0.29, 0.717) is 18.8 Å². The SMILES string of the molecule is COc1ccc(-c2cc3n(n2)[C@H](NCc2cccc(OC)c2)CNC3=O)cc1. The highest BCUT2D eigenvalue weighted by atomic mass is 16.5. The highest BCUT2D eigenvalue weighted by molar-refractivity contribution is 5.94. The van der Waals surface area contributed by atoms with Crippen molar-refractivity contribution in [2.45, 2.75) is 12.7 Å². The Labute approximate surface area is 163 Å². The van der Waals surface area contributed by atoms with Crippen LogP contribution >= 0.6 is 0 Å². The lowest BCUT2D eigenvalue weighted by atomic mass is 10.1. The number of ether oxygens (including phenoxy) is 2. The van der Waals surface area contributed by atoms with Gasteiger partial charge in [-0.15, -0.1) is 0 Å². The van der Waals surface area contributed by atoms with Crippen LogP contribution in [0, 0.1) is 0 Å². The Morgan fingerprint density at radius 2 is 1.89 bits per heavy atom. The smallest absolute Gasteiger partial charge is 0.269 e. The Bertz CT molecular complexity index is 982. The first kappa shape index (κ1) is 18.1. The minimum absolute atomic E-state index is 0.119. The predicted molar refractivity (Wildman–Crippen MR) is 105 cm³/mol. The van der Waals surface area contributed by atoms with Crippen LogP contribution in [-0.2, 0) is 6.54 Å². The lowest BCUT2D eigenvalue weighted by Gasteiger charge is -2.25. The molecule has 0 saturated carbocycles. The number of hydrogen-bond acceptors (Lipinski definition) is 5. The van der Waals surface area contributed by atoms with E-state index in [1.54, 1.807) is 18.9 Å². The van der Waals surface area contributed by atoms with Crippen molar-refractivity contribution in [3.05, 3.63) is 65.9 Å². The van der Waals surface area contributed by atoms with Crippen LogP contribution in [0.2, 0.25) is 0 Å². The molecule has 0 bridgehead atoms. The summed E-state index contributed by atoms with van der Waals surface area (Å²) in [7, 11) is 3.28. The third kappa shape index (κ3) is 3.57. The van der Waals surface area contributed by atoms with E-state index in [2.05, 4.69) is 15.7 Å². The zero-order valence-electron chi connectivity index (χ0n) is 15.8. The first-order valence-electron chi connectivity index (χ1n) is 9.06. The zero-order chi connectivity index (χ0) is 19.5. The van der Waals surface area contributed by atoms with Gasteiger partial charge in [-0.3, -0.25) is 10.1 Å². The van der Waals surface area contributed by atoms with Crippen molar-refractivity contribution in [3.63, 3.8) is 0 Å². The van der Waals surface area contributed by atoms with E-state index < -0.39 is 0 Å². The molecule has 7 nitrogen and oxygen atoms in total. The molecule has 0 fully saturated rings. The molecule has 4 rings (SSSR count). The van der Waals surface area contributed by atoms with E-state index in [0.717, 1.165) is 28.3 Å². The van der Waals surface area contributed by atoms with Gasteiger partial charge in [0.1, 0.15) is 23.4 Å². The van der Waals surface area contributed by atoms with Crippen molar-refractivity contribution < 1.29 is 14.3 Å². The van der Waals surface area contributed by atoms with E-state index in [1.807, 2.05) is 54.6 Å². The van der Waals surface area contributed by atoms with Crippen molar-refractivity contribution in [2.24, 2.45) is 0 Å². The number of aromatic nitrogens is 2. The summed E-state index contributed by atoms with van der Waals surface area (Å²) in [6.45, 7) is 1.11. The molecule has 2 heterocycles. The molecule has 28 heavy (non-hydrogen) atoms. The fraction of sp³-hybridized carbons (Fsp3) is 0.238. The van der Waals surface area contributed by atoms with Gasteiger partial charge in [0.15, 0.2) is 0 Å². The molecular formula is C21H22N4O3. The number of methoxy groups -OCH3 is 2. The van der Waals surface area contributed by atoms with Crippen LogP contribution in [0.15, 0.2) is 54.6 Å². The molecule has 0 spiro atoms. The Balaban J connectivity index is 1.56. The van der Waals surface area contributed by atoms with Crippen molar-refractivity contribution >= 4 is 5.91 Å². The number of fused-ring (bicyclic) bond motifs is 1. The van der Waals surface area contributed by atoms with Gasteiger partial charge < -0.3 is 14.8 Å². The largest absolute Gasteiger partial charge is 0.497 e. The number of nitrogens with zero attached hydrogens (tertiary/aromatic N) is 2. The Kier molecular flexibility index (Phi) is 4.99. The molecule has 2 N–H and O–H groups in total. The summed E-state index contributed by atoms with van der Waals surface area (Å²) in [6, 6.07) is 17.3. The monoisotopic (exact) mass is 378 g/mol. The van der Waals surface area contributed by atoms with Crippen molar-refractivity contribution in [3.8, 4) is 22.8 Å². The summed E-state index contributed by atoms with van der Waals surface area (Å²) in [5.41, 5.74) is 3.32. The van der Waals surface area contributed by atoms with Crippen molar-refractivity contribution in [1.82, 2.24) is 20.4 Å². The van der Waals surface area contributed by atoms with E-state index >= 15 is 0 Å². The van der Waals surface area contributed by atoms with E-state index in [9.17, 15) is 4.79 Å². The minimum Gasteiger partial charge on any atom is -0.497 e. The maximum Gasteiger partial charge on any atom is 0.269 e. The van der Waals surface area contributed by atoms with E-state index in [-0.39, 0.29) is 12.1 Å². The van der Waals surface area contributed by atoms with Crippen molar-refractivity contribution in [2.75, 3.05) is 20.8 Å². The Morgan fingerprint density at radius 3 is 2.64 bits per heavy atom. The molecule has 2 aromatic carbocycles. The average molecular weight is 378 g/mol. The van der Waals surface area contributed by atoms with Crippen molar-refractivity contribution in [1.29, 1.82) is 0 Å². The van der Waals surface area contributed by atoms with Crippen LogP contribution in [-0.4, -0.2) is 36.5 Å².